The van der Waals surface area contributed by atoms with Crippen LogP contribution in [0.4, 0.5) is 0 Å². The first-order chi connectivity index (χ1) is 12.0. The highest BCUT2D eigenvalue weighted by Gasteiger charge is 2.37. The van der Waals surface area contributed by atoms with Gasteiger partial charge in [-0.3, -0.25) is 4.79 Å². The molecule has 1 heterocycles. The van der Waals surface area contributed by atoms with Crippen LogP contribution in [0, 0.1) is 17.2 Å². The van der Waals surface area contributed by atoms with E-state index < -0.39 is 5.92 Å². The molecule has 0 aliphatic carbocycles. The minimum atomic E-state index is -0.490. The number of ketones is 1. The highest BCUT2D eigenvalue weighted by Crippen LogP contribution is 2.41. The van der Waals surface area contributed by atoms with E-state index in [0.717, 1.165) is 16.4 Å². The Morgan fingerprint density at radius 3 is 2.64 bits per heavy atom. The SMILES string of the molecule is CCOCCSC1=NC(C)=C(C(C)=O)[C@@H](c2ccc(Cl)cc2)C1C#N. The van der Waals surface area contributed by atoms with E-state index in [4.69, 9.17) is 16.3 Å². The Labute approximate surface area is 157 Å². The number of benzene rings is 1. The predicted octanol–water partition coefficient (Wildman–Crippen LogP) is 4.61. The van der Waals surface area contributed by atoms with Crippen LogP contribution >= 0.6 is 23.4 Å². The van der Waals surface area contributed by atoms with Crippen molar-refractivity contribution in [2.24, 2.45) is 10.9 Å². The van der Waals surface area contributed by atoms with Crippen LogP contribution in [0.2, 0.25) is 5.02 Å². The van der Waals surface area contributed by atoms with E-state index in [2.05, 4.69) is 11.1 Å². The minimum Gasteiger partial charge on any atom is -0.381 e. The highest BCUT2D eigenvalue weighted by molar-refractivity contribution is 8.14. The maximum Gasteiger partial charge on any atom is 0.158 e. The number of aliphatic imine (C=N–C) groups is 1. The van der Waals surface area contributed by atoms with Crippen LogP contribution in [-0.4, -0.2) is 29.8 Å². The van der Waals surface area contributed by atoms with Gasteiger partial charge in [0, 0.05) is 34.6 Å². The van der Waals surface area contributed by atoms with Crippen molar-refractivity contribution >= 4 is 34.2 Å². The first-order valence-electron chi connectivity index (χ1n) is 8.15. The number of allylic oxidation sites excluding steroid dienone is 2. The van der Waals surface area contributed by atoms with Crippen LogP contribution in [0.1, 0.15) is 32.3 Å². The second kappa shape index (κ2) is 9.19. The molecule has 0 fully saturated rings. The number of thioether (sulfide) groups is 1. The molecule has 25 heavy (non-hydrogen) atoms. The predicted molar refractivity (Wildman–Crippen MR) is 103 cm³/mol. The molecular weight excluding hydrogens is 356 g/mol. The lowest BCUT2D eigenvalue weighted by Crippen LogP contribution is -2.28. The summed E-state index contributed by atoms with van der Waals surface area (Å²) in [4.78, 5) is 16.8. The number of Topliss-reactive ketones (excluding diaryl/α,β-unsaturated/α-hetero) is 1. The third-order valence-electron chi connectivity index (χ3n) is 4.01. The molecule has 0 spiro atoms. The van der Waals surface area contributed by atoms with Gasteiger partial charge in [-0.15, -0.1) is 11.8 Å². The van der Waals surface area contributed by atoms with E-state index in [1.807, 2.05) is 26.0 Å². The molecule has 0 amide bonds. The summed E-state index contributed by atoms with van der Waals surface area (Å²) in [6.45, 7) is 6.57. The lowest BCUT2D eigenvalue weighted by Gasteiger charge is -2.29. The maximum atomic E-state index is 12.2. The van der Waals surface area contributed by atoms with Gasteiger partial charge in [0.2, 0.25) is 0 Å². The largest absolute Gasteiger partial charge is 0.381 e. The Hall–Kier alpha value is -1.61. The second-order valence-electron chi connectivity index (χ2n) is 5.69. The Morgan fingerprint density at radius 1 is 1.40 bits per heavy atom. The summed E-state index contributed by atoms with van der Waals surface area (Å²) in [5.74, 6) is -0.150. The standard InChI is InChI=1S/C19H21ClN2O2S/c1-4-24-9-10-25-19-16(11-21)18(14-5-7-15(20)8-6-14)17(13(3)23)12(2)22-19/h5-8,16,18H,4,9-10H2,1-3H3/t16?,18-/m0/s1. The van der Waals surface area contributed by atoms with Crippen LogP contribution < -0.4 is 0 Å². The summed E-state index contributed by atoms with van der Waals surface area (Å²) >= 11 is 7.51. The molecule has 0 N–H and O–H groups in total. The zero-order valence-electron chi connectivity index (χ0n) is 14.6. The Bertz CT molecular complexity index is 735. The zero-order chi connectivity index (χ0) is 18.4. The van der Waals surface area contributed by atoms with Gasteiger partial charge in [-0.05, 0) is 38.5 Å². The quantitative estimate of drug-likeness (QED) is 0.680. The molecule has 0 aromatic heterocycles. The molecule has 0 bridgehead atoms. The van der Waals surface area contributed by atoms with Gasteiger partial charge in [-0.1, -0.05) is 23.7 Å². The van der Waals surface area contributed by atoms with Crippen molar-refractivity contribution in [1.82, 2.24) is 0 Å². The van der Waals surface area contributed by atoms with E-state index in [0.29, 0.717) is 29.5 Å². The first kappa shape index (κ1) is 19.7. The van der Waals surface area contributed by atoms with Crippen LogP contribution in [0.25, 0.3) is 0 Å². The molecule has 2 atom stereocenters. The van der Waals surface area contributed by atoms with E-state index in [1.165, 1.54) is 18.7 Å². The molecule has 2 rings (SSSR count). The minimum absolute atomic E-state index is 0.0557. The number of nitriles is 1. The number of ether oxygens (including phenoxy) is 1. The molecule has 0 saturated carbocycles. The number of rotatable bonds is 6. The average Bonchev–Trinajstić information content (AvgIpc) is 2.58. The van der Waals surface area contributed by atoms with Crippen LogP contribution in [0.15, 0.2) is 40.5 Å². The Kier molecular flexibility index (Phi) is 7.24. The monoisotopic (exact) mass is 376 g/mol. The van der Waals surface area contributed by atoms with Crippen molar-refractivity contribution < 1.29 is 9.53 Å². The summed E-state index contributed by atoms with van der Waals surface area (Å²) in [7, 11) is 0. The third kappa shape index (κ3) is 4.72. The normalized spacial score (nSPS) is 20.2. The second-order valence-corrected chi connectivity index (χ2v) is 7.24. The molecule has 1 unspecified atom stereocenters. The summed E-state index contributed by atoms with van der Waals surface area (Å²) < 4.78 is 5.36. The zero-order valence-corrected chi connectivity index (χ0v) is 16.2. The number of carbonyl (C=O) groups is 1. The molecular formula is C19H21ClN2O2S. The molecule has 0 saturated heterocycles. The Balaban J connectivity index is 2.41. The fourth-order valence-corrected chi connectivity index (χ4v) is 4.04. The lowest BCUT2D eigenvalue weighted by atomic mass is 9.78. The van der Waals surface area contributed by atoms with E-state index in [-0.39, 0.29) is 11.7 Å². The topological polar surface area (TPSA) is 62.4 Å². The van der Waals surface area contributed by atoms with Crippen molar-refractivity contribution in [3.8, 4) is 6.07 Å². The summed E-state index contributed by atoms with van der Waals surface area (Å²) in [5, 5.41) is 11.2. The fraction of sp³-hybridized carbons (Fsp3) is 0.421. The molecule has 0 radical (unpaired) electrons. The van der Waals surface area contributed by atoms with Crippen LogP contribution in [-0.2, 0) is 9.53 Å². The number of hydrogen-bond acceptors (Lipinski definition) is 5. The average molecular weight is 377 g/mol. The molecule has 4 nitrogen and oxygen atoms in total. The smallest absolute Gasteiger partial charge is 0.158 e. The van der Waals surface area contributed by atoms with Gasteiger partial charge in [-0.2, -0.15) is 5.26 Å². The van der Waals surface area contributed by atoms with Crippen molar-refractivity contribution in [3.05, 3.63) is 46.1 Å². The summed E-state index contributed by atoms with van der Waals surface area (Å²) in [6.07, 6.45) is 0. The van der Waals surface area contributed by atoms with Gasteiger partial charge in [0.1, 0.15) is 5.92 Å². The molecule has 1 aromatic carbocycles. The van der Waals surface area contributed by atoms with E-state index in [1.54, 1.807) is 12.1 Å². The van der Waals surface area contributed by atoms with Crippen molar-refractivity contribution in [2.45, 2.75) is 26.7 Å². The molecule has 1 aromatic rings. The molecule has 6 heteroatoms. The molecule has 132 valence electrons. The van der Waals surface area contributed by atoms with Crippen molar-refractivity contribution in [3.63, 3.8) is 0 Å². The summed E-state index contributed by atoms with van der Waals surface area (Å²) in [6, 6.07) is 9.67. The van der Waals surface area contributed by atoms with Gasteiger partial charge in [-0.25, -0.2) is 4.99 Å². The molecule has 1 aliphatic rings. The van der Waals surface area contributed by atoms with Gasteiger partial charge < -0.3 is 4.74 Å². The van der Waals surface area contributed by atoms with Crippen LogP contribution in [0.5, 0.6) is 0 Å². The maximum absolute atomic E-state index is 12.2. The van der Waals surface area contributed by atoms with Gasteiger partial charge in [0.05, 0.1) is 17.7 Å². The lowest BCUT2D eigenvalue weighted by molar-refractivity contribution is -0.114. The number of halogens is 1. The van der Waals surface area contributed by atoms with E-state index >= 15 is 0 Å². The van der Waals surface area contributed by atoms with Gasteiger partial charge in [0.25, 0.3) is 0 Å². The van der Waals surface area contributed by atoms with E-state index in [9.17, 15) is 10.1 Å². The highest BCUT2D eigenvalue weighted by atomic mass is 35.5. The van der Waals surface area contributed by atoms with Gasteiger partial charge in [0.15, 0.2) is 5.78 Å². The molecule has 1 aliphatic heterocycles. The number of nitrogens with zero attached hydrogens (tertiary/aromatic N) is 2. The Morgan fingerprint density at radius 2 is 2.08 bits per heavy atom. The van der Waals surface area contributed by atoms with Crippen molar-refractivity contribution in [1.29, 1.82) is 5.26 Å². The summed E-state index contributed by atoms with van der Waals surface area (Å²) in [5.41, 5.74) is 2.18. The number of hydrogen-bond donors (Lipinski definition) is 0. The number of carbonyl (C=O) groups excluding carboxylic acids is 1. The first-order valence-corrected chi connectivity index (χ1v) is 9.51. The van der Waals surface area contributed by atoms with Crippen LogP contribution in [0.3, 0.4) is 0 Å². The van der Waals surface area contributed by atoms with Gasteiger partial charge >= 0.3 is 0 Å². The third-order valence-corrected chi connectivity index (χ3v) is 5.27. The fourth-order valence-electron chi connectivity index (χ4n) is 2.93. The van der Waals surface area contributed by atoms with Crippen molar-refractivity contribution in [2.75, 3.05) is 19.0 Å².